The van der Waals surface area contributed by atoms with E-state index in [0.717, 1.165) is 51.7 Å². The number of hydrogen-bond acceptors (Lipinski definition) is 3. The van der Waals surface area contributed by atoms with Crippen LogP contribution in [0.4, 0.5) is 0 Å². The van der Waals surface area contributed by atoms with Gasteiger partial charge in [-0.3, -0.25) is 4.99 Å². The highest BCUT2D eigenvalue weighted by Crippen LogP contribution is 2.25. The molecule has 0 bridgehead atoms. The predicted molar refractivity (Wildman–Crippen MR) is 87.3 cm³/mol. The lowest BCUT2D eigenvalue weighted by atomic mass is 9.89. The Labute approximate surface area is 132 Å². The third kappa shape index (κ3) is 4.75. The first-order valence-corrected chi connectivity index (χ1v) is 6.72. The van der Waals surface area contributed by atoms with Gasteiger partial charge in [-0.05, 0) is 19.8 Å². The van der Waals surface area contributed by atoms with E-state index < -0.39 is 0 Å². The fraction of sp³-hybridized carbons (Fsp3) is 0.923. The molecule has 2 heterocycles. The molecule has 0 aromatic carbocycles. The minimum absolute atomic E-state index is 0. The number of nitrogens with zero attached hydrogens (tertiary/aromatic N) is 1. The van der Waals surface area contributed by atoms with Crippen molar-refractivity contribution in [3.05, 3.63) is 0 Å². The fourth-order valence-electron chi connectivity index (χ4n) is 2.32. The summed E-state index contributed by atoms with van der Waals surface area (Å²) in [4.78, 5) is 4.24. The second kappa shape index (κ2) is 7.08. The molecule has 1 unspecified atom stereocenters. The molecule has 0 aromatic rings. The molecule has 2 aliphatic heterocycles. The van der Waals surface area contributed by atoms with Crippen molar-refractivity contribution in [3.8, 4) is 0 Å². The Morgan fingerprint density at radius 2 is 1.89 bits per heavy atom. The van der Waals surface area contributed by atoms with Gasteiger partial charge in [0.1, 0.15) is 0 Å². The van der Waals surface area contributed by atoms with Gasteiger partial charge in [0.2, 0.25) is 0 Å². The molecule has 2 aliphatic rings. The smallest absolute Gasteiger partial charge is 0.191 e. The molecule has 2 N–H and O–H groups in total. The summed E-state index contributed by atoms with van der Waals surface area (Å²) >= 11 is 0. The summed E-state index contributed by atoms with van der Waals surface area (Å²) in [5.41, 5.74) is 0.215. The Balaban J connectivity index is 0.00000180. The van der Waals surface area contributed by atoms with E-state index in [0.29, 0.717) is 0 Å². The largest absolute Gasteiger partial charge is 0.380 e. The molecule has 6 heteroatoms. The van der Waals surface area contributed by atoms with E-state index in [1.807, 2.05) is 0 Å². The normalized spacial score (nSPS) is 29.3. The van der Waals surface area contributed by atoms with Crippen LogP contribution in [0, 0.1) is 5.41 Å². The maximum Gasteiger partial charge on any atom is 0.191 e. The van der Waals surface area contributed by atoms with E-state index in [4.69, 9.17) is 9.47 Å². The van der Waals surface area contributed by atoms with Gasteiger partial charge >= 0.3 is 0 Å². The van der Waals surface area contributed by atoms with Crippen LogP contribution < -0.4 is 10.6 Å². The van der Waals surface area contributed by atoms with E-state index >= 15 is 0 Å². The number of hydrogen-bond donors (Lipinski definition) is 2. The molecule has 0 amide bonds. The lowest BCUT2D eigenvalue weighted by Crippen LogP contribution is -2.52. The van der Waals surface area contributed by atoms with E-state index in [9.17, 15) is 0 Å². The van der Waals surface area contributed by atoms with Crippen LogP contribution in [-0.4, -0.2) is 51.5 Å². The molecule has 0 aromatic heterocycles. The lowest BCUT2D eigenvalue weighted by Gasteiger charge is -2.38. The first-order valence-electron chi connectivity index (χ1n) is 6.72. The number of nitrogens with one attached hydrogen (secondary N) is 2. The molecular formula is C13H26IN3O2. The van der Waals surface area contributed by atoms with Crippen molar-refractivity contribution in [2.24, 2.45) is 10.4 Å². The van der Waals surface area contributed by atoms with Crippen molar-refractivity contribution in [2.75, 3.05) is 40.0 Å². The molecule has 0 radical (unpaired) electrons. The molecule has 19 heavy (non-hydrogen) atoms. The van der Waals surface area contributed by atoms with Crippen molar-refractivity contribution in [3.63, 3.8) is 0 Å². The van der Waals surface area contributed by atoms with Crippen molar-refractivity contribution >= 4 is 29.9 Å². The molecular weight excluding hydrogens is 357 g/mol. The van der Waals surface area contributed by atoms with Crippen molar-refractivity contribution < 1.29 is 9.47 Å². The van der Waals surface area contributed by atoms with Gasteiger partial charge in [-0.25, -0.2) is 0 Å². The van der Waals surface area contributed by atoms with Crippen LogP contribution in [0.5, 0.6) is 0 Å². The van der Waals surface area contributed by atoms with Crippen molar-refractivity contribution in [2.45, 2.75) is 32.3 Å². The van der Waals surface area contributed by atoms with Gasteiger partial charge in [-0.15, -0.1) is 24.0 Å². The summed E-state index contributed by atoms with van der Waals surface area (Å²) in [6.45, 7) is 8.61. The van der Waals surface area contributed by atoms with E-state index in [1.54, 1.807) is 7.05 Å². The average Bonchev–Trinajstić information content (AvgIpc) is 2.74. The number of ether oxygens (including phenoxy) is 2. The van der Waals surface area contributed by atoms with Gasteiger partial charge in [0.05, 0.1) is 18.8 Å². The predicted octanol–water partition coefficient (Wildman–Crippen LogP) is 1.37. The highest BCUT2D eigenvalue weighted by Gasteiger charge is 2.34. The summed E-state index contributed by atoms with van der Waals surface area (Å²) in [6, 6.07) is 0. The van der Waals surface area contributed by atoms with E-state index in [-0.39, 0.29) is 35.0 Å². The summed E-state index contributed by atoms with van der Waals surface area (Å²) in [7, 11) is 1.80. The van der Waals surface area contributed by atoms with Gasteiger partial charge in [-0.2, -0.15) is 0 Å². The van der Waals surface area contributed by atoms with Gasteiger partial charge in [0.15, 0.2) is 5.96 Å². The number of guanidine groups is 1. The minimum Gasteiger partial charge on any atom is -0.380 e. The van der Waals surface area contributed by atoms with Gasteiger partial charge < -0.3 is 20.1 Å². The van der Waals surface area contributed by atoms with E-state index in [2.05, 4.69) is 29.5 Å². The third-order valence-electron chi connectivity index (χ3n) is 3.74. The standard InChI is InChI=1S/C13H25N3O2.HI/c1-12(9-17-10-12)7-15-11(14-3)16-8-13(2)5-4-6-18-13;/h4-10H2,1-3H3,(H2,14,15,16);1H. The minimum atomic E-state index is -0.0406. The molecule has 0 aliphatic carbocycles. The molecule has 0 spiro atoms. The number of aliphatic imine (C=N–C) groups is 1. The summed E-state index contributed by atoms with van der Waals surface area (Å²) in [6.07, 6.45) is 2.27. The molecule has 2 fully saturated rings. The van der Waals surface area contributed by atoms with Crippen LogP contribution in [0.2, 0.25) is 0 Å². The molecule has 1 atom stereocenters. The zero-order valence-corrected chi connectivity index (χ0v) is 14.5. The maximum atomic E-state index is 5.75. The number of rotatable bonds is 4. The highest BCUT2D eigenvalue weighted by molar-refractivity contribution is 14.0. The zero-order valence-electron chi connectivity index (χ0n) is 12.1. The second-order valence-corrected chi connectivity index (χ2v) is 5.98. The Bertz CT molecular complexity index is 313. The van der Waals surface area contributed by atoms with Crippen LogP contribution in [0.25, 0.3) is 0 Å². The average molecular weight is 383 g/mol. The first kappa shape index (κ1) is 17.0. The summed E-state index contributed by atoms with van der Waals surface area (Å²) in [5.74, 6) is 0.847. The maximum absolute atomic E-state index is 5.75. The van der Waals surface area contributed by atoms with E-state index in [1.165, 1.54) is 0 Å². The van der Waals surface area contributed by atoms with Gasteiger partial charge in [0.25, 0.3) is 0 Å². The topological polar surface area (TPSA) is 54.9 Å². The molecule has 5 nitrogen and oxygen atoms in total. The molecule has 2 saturated heterocycles. The highest BCUT2D eigenvalue weighted by atomic mass is 127. The molecule has 0 saturated carbocycles. The van der Waals surface area contributed by atoms with Gasteiger partial charge in [-0.1, -0.05) is 6.92 Å². The van der Waals surface area contributed by atoms with Crippen LogP contribution in [0.15, 0.2) is 4.99 Å². The van der Waals surface area contributed by atoms with Crippen molar-refractivity contribution in [1.82, 2.24) is 10.6 Å². The fourth-order valence-corrected chi connectivity index (χ4v) is 2.32. The van der Waals surface area contributed by atoms with Gasteiger partial charge in [0, 0.05) is 32.2 Å². The summed E-state index contributed by atoms with van der Waals surface area (Å²) < 4.78 is 11.0. The second-order valence-electron chi connectivity index (χ2n) is 5.98. The quantitative estimate of drug-likeness (QED) is 0.438. The van der Waals surface area contributed by atoms with Crippen LogP contribution >= 0.6 is 24.0 Å². The van der Waals surface area contributed by atoms with Crippen molar-refractivity contribution in [1.29, 1.82) is 0 Å². The zero-order chi connectivity index (χ0) is 13.1. The summed E-state index contributed by atoms with van der Waals surface area (Å²) in [5, 5.41) is 6.70. The Kier molecular flexibility index (Phi) is 6.32. The van der Waals surface area contributed by atoms with Crippen LogP contribution in [-0.2, 0) is 9.47 Å². The first-order chi connectivity index (χ1) is 8.55. The SMILES string of the molecule is CN=C(NCC1(C)COC1)NCC1(C)CCCO1.I. The Morgan fingerprint density at radius 3 is 2.37 bits per heavy atom. The monoisotopic (exact) mass is 383 g/mol. The third-order valence-corrected chi connectivity index (χ3v) is 3.74. The lowest BCUT2D eigenvalue weighted by molar-refractivity contribution is -0.0971. The number of halogens is 1. The Hall–Kier alpha value is -0.0800. The Morgan fingerprint density at radius 1 is 1.21 bits per heavy atom. The molecule has 112 valence electrons. The van der Waals surface area contributed by atoms with Crippen LogP contribution in [0.1, 0.15) is 26.7 Å². The molecule has 2 rings (SSSR count). The van der Waals surface area contributed by atoms with Crippen LogP contribution in [0.3, 0.4) is 0 Å².